The summed E-state index contributed by atoms with van der Waals surface area (Å²) < 4.78 is 2.00. The number of hydrogen-bond donors (Lipinski definition) is 0. The number of para-hydroxylation sites is 2. The zero-order valence-corrected chi connectivity index (χ0v) is 20.3. The van der Waals surface area contributed by atoms with E-state index in [2.05, 4.69) is 6.92 Å². The third kappa shape index (κ3) is 3.90. The lowest BCUT2D eigenvalue weighted by Gasteiger charge is -2.33. The average Bonchev–Trinajstić information content (AvgIpc) is 3.29. The number of likely N-dealkylation sites (tertiary alicyclic amines) is 1. The number of hydrogen-bond acceptors (Lipinski definition) is 3. The van der Waals surface area contributed by atoms with Crippen molar-refractivity contribution in [2.24, 2.45) is 0 Å². The van der Waals surface area contributed by atoms with Crippen LogP contribution in [-0.2, 0) is 16.1 Å². The Morgan fingerprint density at radius 1 is 1.09 bits per heavy atom. The fourth-order valence-corrected chi connectivity index (χ4v) is 5.22. The maximum atomic E-state index is 13.4. The highest BCUT2D eigenvalue weighted by atomic mass is 32.1. The van der Waals surface area contributed by atoms with E-state index in [4.69, 9.17) is 12.2 Å². The van der Waals surface area contributed by atoms with Gasteiger partial charge in [-0.3, -0.25) is 14.5 Å². The molecule has 2 aliphatic rings. The lowest BCUT2D eigenvalue weighted by molar-refractivity contribution is -0.135. The van der Waals surface area contributed by atoms with Crippen LogP contribution in [0.25, 0.3) is 17.0 Å². The highest BCUT2D eigenvalue weighted by Crippen LogP contribution is 2.30. The summed E-state index contributed by atoms with van der Waals surface area (Å²) >= 11 is 5.59. The van der Waals surface area contributed by atoms with Crippen LogP contribution < -0.4 is 4.90 Å². The molecule has 2 aliphatic heterocycles. The first-order valence-electron chi connectivity index (χ1n) is 11.7. The average molecular weight is 473 g/mol. The van der Waals surface area contributed by atoms with Gasteiger partial charge in [-0.15, -0.1) is 0 Å². The largest absolute Gasteiger partial charge is 0.338 e. The molecule has 1 atom stereocenters. The minimum atomic E-state index is -0.159. The van der Waals surface area contributed by atoms with Crippen molar-refractivity contribution in [1.82, 2.24) is 14.4 Å². The molecular weight excluding hydrogens is 444 g/mol. The van der Waals surface area contributed by atoms with Crippen LogP contribution >= 0.6 is 12.2 Å². The highest BCUT2D eigenvalue weighted by Gasteiger charge is 2.37. The maximum Gasteiger partial charge on any atom is 0.281 e. The van der Waals surface area contributed by atoms with Gasteiger partial charge < -0.3 is 14.4 Å². The van der Waals surface area contributed by atoms with Gasteiger partial charge in [0.1, 0.15) is 12.2 Å². The second kappa shape index (κ2) is 9.06. The molecule has 2 saturated heterocycles. The van der Waals surface area contributed by atoms with Crippen LogP contribution in [0.5, 0.6) is 0 Å². The van der Waals surface area contributed by atoms with Gasteiger partial charge in [0.25, 0.3) is 5.91 Å². The highest BCUT2D eigenvalue weighted by molar-refractivity contribution is 7.80. The molecule has 0 bridgehead atoms. The van der Waals surface area contributed by atoms with E-state index in [-0.39, 0.29) is 24.4 Å². The van der Waals surface area contributed by atoms with Crippen molar-refractivity contribution in [3.8, 4) is 0 Å². The Balaban J connectivity index is 1.49. The lowest BCUT2D eigenvalue weighted by atomic mass is 10.0. The fraction of sp³-hybridized carbons (Fsp3) is 0.296. The van der Waals surface area contributed by atoms with E-state index < -0.39 is 0 Å². The number of amides is 2. The van der Waals surface area contributed by atoms with E-state index >= 15 is 0 Å². The van der Waals surface area contributed by atoms with Gasteiger partial charge in [0.15, 0.2) is 5.11 Å². The molecule has 3 aromatic rings. The topological polar surface area (TPSA) is 48.8 Å². The Bertz CT molecular complexity index is 1300. The molecule has 6 nitrogen and oxygen atoms in total. The predicted molar refractivity (Wildman–Crippen MR) is 139 cm³/mol. The van der Waals surface area contributed by atoms with Gasteiger partial charge >= 0.3 is 0 Å². The Kier molecular flexibility index (Phi) is 5.96. The van der Waals surface area contributed by atoms with Gasteiger partial charge in [0.2, 0.25) is 5.91 Å². The van der Waals surface area contributed by atoms with Crippen molar-refractivity contribution in [2.45, 2.75) is 38.8 Å². The van der Waals surface area contributed by atoms with Gasteiger partial charge in [0.05, 0.1) is 5.69 Å². The summed E-state index contributed by atoms with van der Waals surface area (Å²) in [6.45, 7) is 3.23. The molecule has 1 unspecified atom stereocenters. The zero-order valence-electron chi connectivity index (χ0n) is 19.5. The molecule has 5 rings (SSSR count). The van der Waals surface area contributed by atoms with Gasteiger partial charge in [0, 0.05) is 42.3 Å². The van der Waals surface area contributed by atoms with Gasteiger partial charge in [-0.25, -0.2) is 0 Å². The number of aromatic nitrogens is 1. The lowest BCUT2D eigenvalue weighted by Crippen LogP contribution is -2.43. The normalized spacial score (nSPS) is 20.1. The molecule has 2 fully saturated rings. The van der Waals surface area contributed by atoms with Crippen LogP contribution in [0, 0.1) is 0 Å². The summed E-state index contributed by atoms with van der Waals surface area (Å²) in [5.74, 6) is -0.0219. The van der Waals surface area contributed by atoms with Crippen molar-refractivity contribution in [2.75, 3.05) is 18.5 Å². The van der Waals surface area contributed by atoms with Crippen LogP contribution in [0.15, 0.2) is 66.5 Å². The van der Waals surface area contributed by atoms with Crippen LogP contribution in [0.1, 0.15) is 31.7 Å². The first-order chi connectivity index (χ1) is 16.5. The molecule has 174 valence electrons. The summed E-state index contributed by atoms with van der Waals surface area (Å²) in [4.78, 5) is 31.8. The standard InChI is InChI=1S/C27H28N4O2S/c1-19-10-8-9-15-30(19)25(32)18-29-17-20(22-13-6-7-14-23(22)29)16-24-26(33)31(27(34)28(24)2)21-11-4-3-5-12-21/h3-7,11-14,16-17,19H,8-10,15,18H2,1-2H3/b24-16-. The predicted octanol–water partition coefficient (Wildman–Crippen LogP) is 4.65. The number of benzene rings is 2. The van der Waals surface area contributed by atoms with Gasteiger partial charge in [-0.2, -0.15) is 0 Å². The first-order valence-corrected chi connectivity index (χ1v) is 12.1. The van der Waals surface area contributed by atoms with E-state index in [9.17, 15) is 9.59 Å². The second-order valence-electron chi connectivity index (χ2n) is 9.01. The van der Waals surface area contributed by atoms with Gasteiger partial charge in [-0.1, -0.05) is 36.4 Å². The molecule has 7 heteroatoms. The number of nitrogens with zero attached hydrogens (tertiary/aromatic N) is 4. The molecule has 0 N–H and O–H groups in total. The SMILES string of the molecule is CC1CCCCN1C(=O)Cn1cc(/C=C2/C(=O)N(c3ccccc3)C(=S)N2C)c2ccccc21. The van der Waals surface area contributed by atoms with Crippen molar-refractivity contribution in [1.29, 1.82) is 0 Å². The molecule has 0 saturated carbocycles. The molecule has 3 heterocycles. The Morgan fingerprint density at radius 3 is 2.59 bits per heavy atom. The third-order valence-electron chi connectivity index (χ3n) is 6.82. The Morgan fingerprint density at radius 2 is 1.82 bits per heavy atom. The smallest absolute Gasteiger partial charge is 0.281 e. The van der Waals surface area contributed by atoms with Crippen LogP contribution in [0.4, 0.5) is 5.69 Å². The minimum absolute atomic E-state index is 0.137. The summed E-state index contributed by atoms with van der Waals surface area (Å²) in [6.07, 6.45) is 7.15. The molecular formula is C27H28N4O2S. The van der Waals surface area contributed by atoms with Crippen LogP contribution in [0.2, 0.25) is 0 Å². The fourth-order valence-electron chi connectivity index (χ4n) is 4.93. The number of likely N-dealkylation sites (N-methyl/N-ethyl adjacent to an activating group) is 1. The zero-order chi connectivity index (χ0) is 23.8. The van der Waals surface area contributed by atoms with Crippen LogP contribution in [0.3, 0.4) is 0 Å². The number of fused-ring (bicyclic) bond motifs is 1. The van der Waals surface area contributed by atoms with E-state index in [0.29, 0.717) is 10.8 Å². The summed E-state index contributed by atoms with van der Waals surface area (Å²) in [6, 6.07) is 17.7. The van der Waals surface area contributed by atoms with Crippen LogP contribution in [-0.4, -0.2) is 50.9 Å². The van der Waals surface area contributed by atoms with Crippen molar-refractivity contribution >= 4 is 51.8 Å². The number of rotatable bonds is 4. The maximum absolute atomic E-state index is 13.4. The van der Waals surface area contributed by atoms with E-state index in [1.807, 2.05) is 83.4 Å². The van der Waals surface area contributed by atoms with Crippen molar-refractivity contribution in [3.05, 3.63) is 72.1 Å². The third-order valence-corrected chi connectivity index (χ3v) is 7.27. The summed E-state index contributed by atoms with van der Waals surface area (Å²) in [5, 5.41) is 1.44. The molecule has 2 aromatic carbocycles. The monoisotopic (exact) mass is 472 g/mol. The number of anilines is 1. The Labute approximate surface area is 205 Å². The molecule has 0 aliphatic carbocycles. The number of thiocarbonyl (C=S) groups is 1. The van der Waals surface area contributed by atoms with E-state index in [1.54, 1.807) is 9.80 Å². The summed E-state index contributed by atoms with van der Waals surface area (Å²) in [5.41, 5.74) is 3.12. The van der Waals surface area contributed by atoms with Crippen molar-refractivity contribution in [3.63, 3.8) is 0 Å². The molecule has 1 aromatic heterocycles. The molecule has 34 heavy (non-hydrogen) atoms. The first kappa shape index (κ1) is 22.3. The number of piperidine rings is 1. The Hall–Kier alpha value is -3.45. The van der Waals surface area contributed by atoms with E-state index in [0.717, 1.165) is 41.5 Å². The quantitative estimate of drug-likeness (QED) is 0.410. The number of carbonyl (C=O) groups excluding carboxylic acids is 2. The molecule has 2 amide bonds. The summed E-state index contributed by atoms with van der Waals surface area (Å²) in [7, 11) is 1.81. The molecule has 0 radical (unpaired) electrons. The van der Waals surface area contributed by atoms with Gasteiger partial charge in [-0.05, 0) is 62.7 Å². The number of carbonyl (C=O) groups is 2. The van der Waals surface area contributed by atoms with E-state index in [1.165, 1.54) is 6.42 Å². The minimum Gasteiger partial charge on any atom is -0.338 e. The second-order valence-corrected chi connectivity index (χ2v) is 9.37. The molecule has 0 spiro atoms. The van der Waals surface area contributed by atoms with Crippen molar-refractivity contribution < 1.29 is 9.59 Å².